The molecule has 2 aliphatic rings. The maximum absolute atomic E-state index is 13.4. The average Bonchev–Trinajstić information content (AvgIpc) is 2.89. The highest BCUT2D eigenvalue weighted by atomic mass is 32.2. The van der Waals surface area contributed by atoms with Gasteiger partial charge < -0.3 is 24.4 Å². The lowest BCUT2D eigenvalue weighted by molar-refractivity contribution is -0.384. The molecular weight excluding hydrogens is 480 g/mol. The number of amides is 1. The molecule has 4 rings (SSSR count). The first-order chi connectivity index (χ1) is 16.8. The van der Waals surface area contributed by atoms with Gasteiger partial charge in [0.05, 0.1) is 60.3 Å². The van der Waals surface area contributed by atoms with Crippen LogP contribution in [0.5, 0.6) is 5.75 Å². The molecule has 0 aromatic heterocycles. The van der Waals surface area contributed by atoms with Gasteiger partial charge in [0.15, 0.2) is 0 Å². The van der Waals surface area contributed by atoms with E-state index in [2.05, 4.69) is 5.32 Å². The number of nitro benzene ring substituents is 1. The summed E-state index contributed by atoms with van der Waals surface area (Å²) < 4.78 is 43.4. The van der Waals surface area contributed by atoms with E-state index in [9.17, 15) is 23.3 Å². The Kier molecular flexibility index (Phi) is 7.50. The molecule has 2 aliphatic heterocycles. The van der Waals surface area contributed by atoms with Crippen LogP contribution in [-0.2, 0) is 19.5 Å². The van der Waals surface area contributed by atoms with Crippen molar-refractivity contribution >= 4 is 33.0 Å². The summed E-state index contributed by atoms with van der Waals surface area (Å²) in [5, 5.41) is 14.1. The molecule has 0 saturated carbocycles. The monoisotopic (exact) mass is 506 g/mol. The van der Waals surface area contributed by atoms with E-state index in [4.69, 9.17) is 14.2 Å². The number of carbonyl (C=O) groups is 1. The van der Waals surface area contributed by atoms with Crippen LogP contribution in [0.1, 0.15) is 10.4 Å². The molecule has 0 spiro atoms. The zero-order valence-corrected chi connectivity index (χ0v) is 20.0. The van der Waals surface area contributed by atoms with Crippen LogP contribution in [0.3, 0.4) is 0 Å². The fraction of sp³-hybridized carbons (Fsp3) is 0.409. The smallest absolute Gasteiger partial charge is 0.270 e. The number of ether oxygens (including phenoxy) is 3. The minimum atomic E-state index is -3.82. The van der Waals surface area contributed by atoms with Gasteiger partial charge in [-0.1, -0.05) is 0 Å². The molecule has 0 bridgehead atoms. The van der Waals surface area contributed by atoms with Gasteiger partial charge in [0.1, 0.15) is 5.75 Å². The molecule has 0 radical (unpaired) electrons. The second-order valence-electron chi connectivity index (χ2n) is 7.89. The van der Waals surface area contributed by atoms with Crippen LogP contribution in [-0.4, -0.2) is 83.3 Å². The molecule has 1 N–H and O–H groups in total. The summed E-state index contributed by atoms with van der Waals surface area (Å²) in [6, 6.07) is 8.28. The van der Waals surface area contributed by atoms with E-state index in [1.54, 1.807) is 0 Å². The Morgan fingerprint density at radius 3 is 2.31 bits per heavy atom. The van der Waals surface area contributed by atoms with Crippen LogP contribution < -0.4 is 15.0 Å². The van der Waals surface area contributed by atoms with Crippen molar-refractivity contribution < 1.29 is 32.3 Å². The number of sulfonamides is 1. The van der Waals surface area contributed by atoms with Crippen molar-refractivity contribution in [1.82, 2.24) is 4.31 Å². The molecule has 12 nitrogen and oxygen atoms in total. The van der Waals surface area contributed by atoms with Crippen molar-refractivity contribution in [2.24, 2.45) is 0 Å². The van der Waals surface area contributed by atoms with E-state index in [0.29, 0.717) is 45.2 Å². The number of rotatable bonds is 7. The van der Waals surface area contributed by atoms with Gasteiger partial charge in [0, 0.05) is 38.3 Å². The molecule has 13 heteroatoms. The molecular formula is C22H26N4O8S. The summed E-state index contributed by atoms with van der Waals surface area (Å²) in [7, 11) is -2.42. The molecule has 35 heavy (non-hydrogen) atoms. The zero-order chi connectivity index (χ0) is 25.0. The normalized spacial score (nSPS) is 17.1. The number of anilines is 2. The summed E-state index contributed by atoms with van der Waals surface area (Å²) in [5.74, 6) is -0.382. The number of methoxy groups -OCH3 is 1. The van der Waals surface area contributed by atoms with Gasteiger partial charge in [-0.15, -0.1) is 0 Å². The summed E-state index contributed by atoms with van der Waals surface area (Å²) in [6.45, 7) is 3.04. The van der Waals surface area contributed by atoms with E-state index in [-0.39, 0.29) is 40.7 Å². The van der Waals surface area contributed by atoms with Crippen molar-refractivity contribution in [3.05, 3.63) is 52.1 Å². The number of nitrogens with zero attached hydrogens (tertiary/aromatic N) is 3. The third kappa shape index (κ3) is 5.37. The van der Waals surface area contributed by atoms with E-state index >= 15 is 0 Å². The lowest BCUT2D eigenvalue weighted by Crippen LogP contribution is -2.40. The summed E-state index contributed by atoms with van der Waals surface area (Å²) >= 11 is 0. The van der Waals surface area contributed by atoms with Crippen molar-refractivity contribution in [1.29, 1.82) is 0 Å². The standard InChI is InChI=1S/C22H26N4O8S/c1-32-21-5-3-17(35(30,31)25-8-12-34-13-9-25)15-19(21)23-22(27)18-14-16(26(28)29)2-4-20(18)24-6-10-33-11-7-24/h2-5,14-15H,6-13H2,1H3,(H,23,27). The second kappa shape index (κ2) is 10.6. The first kappa shape index (κ1) is 24.9. The number of carbonyl (C=O) groups excluding carboxylic acids is 1. The van der Waals surface area contributed by atoms with Crippen molar-refractivity contribution in [2.75, 3.05) is 69.9 Å². The third-order valence-electron chi connectivity index (χ3n) is 5.81. The van der Waals surface area contributed by atoms with E-state index in [1.165, 1.54) is 47.8 Å². The van der Waals surface area contributed by atoms with Gasteiger partial charge in [0.25, 0.3) is 11.6 Å². The number of hydrogen-bond acceptors (Lipinski definition) is 9. The predicted octanol–water partition coefficient (Wildman–Crippen LogP) is 1.71. The van der Waals surface area contributed by atoms with Gasteiger partial charge in [0.2, 0.25) is 10.0 Å². The lowest BCUT2D eigenvalue weighted by atomic mass is 10.1. The predicted molar refractivity (Wildman–Crippen MR) is 127 cm³/mol. The molecule has 0 atom stereocenters. The fourth-order valence-electron chi connectivity index (χ4n) is 3.97. The minimum absolute atomic E-state index is 0.0112. The molecule has 188 valence electrons. The quantitative estimate of drug-likeness (QED) is 0.439. The van der Waals surface area contributed by atoms with Crippen molar-refractivity contribution in [2.45, 2.75) is 4.90 Å². The number of benzene rings is 2. The topological polar surface area (TPSA) is 141 Å². The Labute approximate surface area is 202 Å². The average molecular weight is 507 g/mol. The Morgan fingerprint density at radius 2 is 1.69 bits per heavy atom. The van der Waals surface area contributed by atoms with Crippen LogP contribution in [0.4, 0.5) is 17.1 Å². The Morgan fingerprint density at radius 1 is 1.03 bits per heavy atom. The molecule has 1 amide bonds. The fourth-order valence-corrected chi connectivity index (χ4v) is 5.41. The van der Waals surface area contributed by atoms with Crippen LogP contribution in [0, 0.1) is 10.1 Å². The van der Waals surface area contributed by atoms with Gasteiger partial charge in [-0.05, 0) is 24.3 Å². The Bertz CT molecular complexity index is 1210. The lowest BCUT2D eigenvalue weighted by Gasteiger charge is -2.30. The summed E-state index contributed by atoms with van der Waals surface area (Å²) in [4.78, 5) is 26.1. The zero-order valence-electron chi connectivity index (χ0n) is 19.1. The van der Waals surface area contributed by atoms with E-state index in [0.717, 1.165) is 0 Å². The third-order valence-corrected chi connectivity index (χ3v) is 7.71. The number of nitro groups is 1. The first-order valence-corrected chi connectivity index (χ1v) is 12.4. The van der Waals surface area contributed by atoms with E-state index in [1.807, 2.05) is 4.90 Å². The van der Waals surface area contributed by atoms with E-state index < -0.39 is 20.9 Å². The highest BCUT2D eigenvalue weighted by molar-refractivity contribution is 7.89. The maximum Gasteiger partial charge on any atom is 0.270 e. The van der Waals surface area contributed by atoms with Crippen molar-refractivity contribution in [3.63, 3.8) is 0 Å². The van der Waals surface area contributed by atoms with Crippen LogP contribution in [0.25, 0.3) is 0 Å². The van der Waals surface area contributed by atoms with Crippen LogP contribution >= 0.6 is 0 Å². The van der Waals surface area contributed by atoms with Gasteiger partial charge in [-0.25, -0.2) is 8.42 Å². The largest absolute Gasteiger partial charge is 0.495 e. The molecule has 2 saturated heterocycles. The maximum atomic E-state index is 13.4. The SMILES string of the molecule is COc1ccc(S(=O)(=O)N2CCOCC2)cc1NC(=O)c1cc([N+](=O)[O-])ccc1N1CCOCC1. The second-order valence-corrected chi connectivity index (χ2v) is 9.83. The number of nitrogens with one attached hydrogen (secondary N) is 1. The van der Waals surface area contributed by atoms with Crippen LogP contribution in [0.2, 0.25) is 0 Å². The molecule has 2 fully saturated rings. The van der Waals surface area contributed by atoms with Gasteiger partial charge in [-0.3, -0.25) is 14.9 Å². The molecule has 2 aromatic rings. The number of non-ortho nitro benzene ring substituents is 1. The Balaban J connectivity index is 1.68. The van der Waals surface area contributed by atoms with Gasteiger partial charge in [-0.2, -0.15) is 4.31 Å². The first-order valence-electron chi connectivity index (χ1n) is 11.0. The summed E-state index contributed by atoms with van der Waals surface area (Å²) in [6.07, 6.45) is 0. The van der Waals surface area contributed by atoms with Gasteiger partial charge >= 0.3 is 0 Å². The minimum Gasteiger partial charge on any atom is -0.495 e. The van der Waals surface area contributed by atoms with Crippen LogP contribution in [0.15, 0.2) is 41.3 Å². The summed E-state index contributed by atoms with van der Waals surface area (Å²) in [5.41, 5.74) is 0.506. The molecule has 0 aliphatic carbocycles. The molecule has 2 aromatic carbocycles. The highest BCUT2D eigenvalue weighted by Gasteiger charge is 2.28. The Hall–Kier alpha value is -3.26. The van der Waals surface area contributed by atoms with Crippen molar-refractivity contribution in [3.8, 4) is 5.75 Å². The number of hydrogen-bond donors (Lipinski definition) is 1. The molecule has 0 unspecified atom stereocenters. The number of morpholine rings is 2. The molecule has 2 heterocycles. The highest BCUT2D eigenvalue weighted by Crippen LogP contribution is 2.32.